The Kier molecular flexibility index (Phi) is 4.11. The average Bonchev–Trinajstić information content (AvgIpc) is 2.81. The number of carbonyl (C=O) groups excluding carboxylic acids is 1. The van der Waals surface area contributed by atoms with E-state index in [1.807, 2.05) is 6.07 Å². The van der Waals surface area contributed by atoms with Crippen LogP contribution >= 0.6 is 11.3 Å². The highest BCUT2D eigenvalue weighted by molar-refractivity contribution is 7.17. The molecule has 4 nitrogen and oxygen atoms in total. The van der Waals surface area contributed by atoms with Crippen molar-refractivity contribution < 1.29 is 13.9 Å². The quantitative estimate of drug-likeness (QED) is 0.813. The van der Waals surface area contributed by atoms with E-state index >= 15 is 0 Å². The zero-order valence-electron chi connectivity index (χ0n) is 10.9. The van der Waals surface area contributed by atoms with Gasteiger partial charge in [0, 0.05) is 5.56 Å². The van der Waals surface area contributed by atoms with Gasteiger partial charge in [-0.2, -0.15) is 5.26 Å². The average molecular weight is 290 g/mol. The lowest BCUT2D eigenvalue weighted by molar-refractivity contribution is 0.0440. The molecule has 1 aromatic heterocycles. The molecule has 0 aliphatic rings. The minimum Gasteiger partial charge on any atom is -0.443 e. The zero-order chi connectivity index (χ0) is 14.7. The summed E-state index contributed by atoms with van der Waals surface area (Å²) in [5.41, 5.74) is 1.26. The van der Waals surface area contributed by atoms with Crippen LogP contribution in [0.25, 0.3) is 10.6 Å². The summed E-state index contributed by atoms with van der Waals surface area (Å²) >= 11 is 1.16. The summed E-state index contributed by atoms with van der Waals surface area (Å²) in [4.78, 5) is 16.5. The molecule has 102 valence electrons. The second-order valence-electron chi connectivity index (χ2n) is 4.12. The lowest BCUT2D eigenvalue weighted by Gasteiger charge is -2.03. The molecular weight excluding hydrogens is 279 g/mol. The van der Waals surface area contributed by atoms with Crippen LogP contribution in [-0.2, 0) is 4.74 Å². The number of ether oxygens (including phenoxy) is 1. The lowest BCUT2D eigenvalue weighted by atomic mass is 10.2. The van der Waals surface area contributed by atoms with Crippen LogP contribution in [0.1, 0.15) is 22.3 Å². The molecule has 0 bridgehead atoms. The maximum atomic E-state index is 12.9. The Morgan fingerprint density at radius 2 is 2.10 bits per heavy atom. The van der Waals surface area contributed by atoms with E-state index in [1.54, 1.807) is 19.1 Å². The number of hydrogen-bond acceptors (Lipinski definition) is 5. The van der Waals surface area contributed by atoms with Gasteiger partial charge in [-0.3, -0.25) is 0 Å². The van der Waals surface area contributed by atoms with E-state index in [-0.39, 0.29) is 5.82 Å². The molecule has 0 fully saturated rings. The standard InChI is InChI=1S/C14H11FN2O2S/c1-8(7-16)19-14(18)12-9(2)17-13(20-12)10-3-5-11(15)6-4-10/h3-6,8H,1-2H3/t8-/m1/s1. The predicted molar refractivity (Wildman–Crippen MR) is 72.7 cm³/mol. The first kappa shape index (κ1) is 14.2. The molecule has 0 unspecified atom stereocenters. The fraction of sp³-hybridized carbons (Fsp3) is 0.214. The molecule has 0 aliphatic heterocycles. The molecule has 0 spiro atoms. The number of halogens is 1. The van der Waals surface area contributed by atoms with Crippen molar-refractivity contribution in [2.45, 2.75) is 20.0 Å². The Balaban J connectivity index is 2.28. The van der Waals surface area contributed by atoms with Crippen molar-refractivity contribution >= 4 is 17.3 Å². The number of hydrogen-bond donors (Lipinski definition) is 0. The highest BCUT2D eigenvalue weighted by Gasteiger charge is 2.19. The van der Waals surface area contributed by atoms with Crippen LogP contribution in [0, 0.1) is 24.1 Å². The highest BCUT2D eigenvalue weighted by atomic mass is 32.1. The topological polar surface area (TPSA) is 63.0 Å². The van der Waals surface area contributed by atoms with Gasteiger partial charge in [0.1, 0.15) is 21.8 Å². The molecule has 0 amide bonds. The molecular formula is C14H11FN2O2S. The minimum absolute atomic E-state index is 0.329. The van der Waals surface area contributed by atoms with E-state index in [1.165, 1.54) is 19.1 Å². The maximum absolute atomic E-state index is 12.9. The third-order valence-corrected chi connectivity index (χ3v) is 3.73. The summed E-state index contributed by atoms with van der Waals surface area (Å²) in [6.45, 7) is 3.19. The lowest BCUT2D eigenvalue weighted by Crippen LogP contribution is -2.12. The van der Waals surface area contributed by atoms with Crippen LogP contribution in [0.2, 0.25) is 0 Å². The molecule has 1 atom stereocenters. The number of thiazole rings is 1. The summed E-state index contributed by atoms with van der Waals surface area (Å²) < 4.78 is 17.8. The molecule has 1 heterocycles. The first-order valence-electron chi connectivity index (χ1n) is 5.85. The van der Waals surface area contributed by atoms with Gasteiger partial charge < -0.3 is 4.74 Å². The van der Waals surface area contributed by atoms with Crippen molar-refractivity contribution in [1.82, 2.24) is 4.98 Å². The number of benzene rings is 1. The van der Waals surface area contributed by atoms with Gasteiger partial charge in [0.2, 0.25) is 0 Å². The first-order chi connectivity index (χ1) is 9.51. The number of carbonyl (C=O) groups is 1. The monoisotopic (exact) mass is 290 g/mol. The molecule has 0 N–H and O–H groups in total. The van der Waals surface area contributed by atoms with Crippen LogP contribution < -0.4 is 0 Å². The fourth-order valence-electron chi connectivity index (χ4n) is 1.54. The number of esters is 1. The van der Waals surface area contributed by atoms with Gasteiger partial charge in [-0.05, 0) is 38.1 Å². The molecule has 2 aromatic rings. The molecule has 1 aromatic carbocycles. The van der Waals surface area contributed by atoms with E-state index in [4.69, 9.17) is 10.00 Å². The second kappa shape index (κ2) is 5.80. The van der Waals surface area contributed by atoms with Crippen LogP contribution in [0.3, 0.4) is 0 Å². The van der Waals surface area contributed by atoms with Crippen LogP contribution in [-0.4, -0.2) is 17.1 Å². The van der Waals surface area contributed by atoms with E-state index in [0.29, 0.717) is 15.6 Å². The van der Waals surface area contributed by atoms with Gasteiger partial charge in [-0.15, -0.1) is 11.3 Å². The van der Waals surface area contributed by atoms with Gasteiger partial charge in [-0.1, -0.05) is 0 Å². The number of nitrogens with zero attached hydrogens (tertiary/aromatic N) is 2. The van der Waals surface area contributed by atoms with Crippen LogP contribution in [0.15, 0.2) is 24.3 Å². The minimum atomic E-state index is -0.807. The van der Waals surface area contributed by atoms with Gasteiger partial charge in [0.05, 0.1) is 5.69 Å². The van der Waals surface area contributed by atoms with Gasteiger partial charge >= 0.3 is 5.97 Å². The second-order valence-corrected chi connectivity index (χ2v) is 5.12. The molecule has 20 heavy (non-hydrogen) atoms. The first-order valence-corrected chi connectivity index (χ1v) is 6.67. The normalized spacial score (nSPS) is 11.7. The van der Waals surface area contributed by atoms with Crippen molar-refractivity contribution in [3.8, 4) is 16.6 Å². The molecule has 0 saturated carbocycles. The van der Waals surface area contributed by atoms with E-state index in [2.05, 4.69) is 4.98 Å². The summed E-state index contributed by atoms with van der Waals surface area (Å²) in [5, 5.41) is 9.24. The Morgan fingerprint density at radius 3 is 2.70 bits per heavy atom. The maximum Gasteiger partial charge on any atom is 0.351 e. The van der Waals surface area contributed by atoms with E-state index < -0.39 is 12.1 Å². The highest BCUT2D eigenvalue weighted by Crippen LogP contribution is 2.28. The number of nitriles is 1. The van der Waals surface area contributed by atoms with Crippen molar-refractivity contribution in [1.29, 1.82) is 5.26 Å². The van der Waals surface area contributed by atoms with Crippen LogP contribution in [0.4, 0.5) is 4.39 Å². The van der Waals surface area contributed by atoms with Gasteiger partial charge in [0.15, 0.2) is 6.10 Å². The fourth-order valence-corrected chi connectivity index (χ4v) is 2.50. The Bertz CT molecular complexity index is 673. The predicted octanol–water partition coefficient (Wildman–Crippen LogP) is 3.33. The van der Waals surface area contributed by atoms with Crippen LogP contribution in [0.5, 0.6) is 0 Å². The smallest absolute Gasteiger partial charge is 0.351 e. The van der Waals surface area contributed by atoms with E-state index in [0.717, 1.165) is 16.9 Å². The Hall–Kier alpha value is -2.26. The van der Waals surface area contributed by atoms with Crippen molar-refractivity contribution in [2.24, 2.45) is 0 Å². The molecule has 0 radical (unpaired) electrons. The third-order valence-electron chi connectivity index (χ3n) is 2.54. The van der Waals surface area contributed by atoms with Gasteiger partial charge in [-0.25, -0.2) is 14.2 Å². The summed E-state index contributed by atoms with van der Waals surface area (Å²) in [6.07, 6.45) is -0.807. The number of aryl methyl sites for hydroxylation is 1. The summed E-state index contributed by atoms with van der Waals surface area (Å²) in [5.74, 6) is -0.896. The number of rotatable bonds is 3. The molecule has 0 aliphatic carbocycles. The Morgan fingerprint density at radius 1 is 1.45 bits per heavy atom. The SMILES string of the molecule is Cc1nc(-c2ccc(F)cc2)sc1C(=O)O[C@H](C)C#N. The Labute approximate surface area is 119 Å². The summed E-state index contributed by atoms with van der Waals surface area (Å²) in [7, 11) is 0. The molecule has 6 heteroatoms. The van der Waals surface area contributed by atoms with Gasteiger partial charge in [0.25, 0.3) is 0 Å². The zero-order valence-corrected chi connectivity index (χ0v) is 11.7. The number of aromatic nitrogens is 1. The van der Waals surface area contributed by atoms with Crippen molar-refractivity contribution in [3.63, 3.8) is 0 Å². The molecule has 0 saturated heterocycles. The van der Waals surface area contributed by atoms with Crippen molar-refractivity contribution in [2.75, 3.05) is 0 Å². The van der Waals surface area contributed by atoms with Crippen molar-refractivity contribution in [3.05, 3.63) is 40.7 Å². The molecule has 2 rings (SSSR count). The third kappa shape index (κ3) is 3.00. The summed E-state index contributed by atoms with van der Waals surface area (Å²) in [6, 6.07) is 7.70. The largest absolute Gasteiger partial charge is 0.443 e. The van der Waals surface area contributed by atoms with E-state index in [9.17, 15) is 9.18 Å².